The molecule has 43 heavy (non-hydrogen) atoms. The van der Waals surface area contributed by atoms with Crippen LogP contribution in [0, 0.1) is 9.12 Å². The molecule has 1 spiro atoms. The number of halogens is 4. The molecule has 0 radical (unpaired) electrons. The fourth-order valence-corrected chi connectivity index (χ4v) is 8.29. The van der Waals surface area contributed by atoms with Gasteiger partial charge in [-0.15, -0.1) is 0 Å². The number of ether oxygens (including phenoxy) is 1. The molecule has 1 saturated heterocycles. The van der Waals surface area contributed by atoms with E-state index >= 15 is 0 Å². The number of carboxylic acid groups (broad SMARTS) is 1. The first kappa shape index (κ1) is 28.4. The van der Waals surface area contributed by atoms with Crippen LogP contribution >= 0.6 is 0 Å². The number of pyridine rings is 2. The van der Waals surface area contributed by atoms with E-state index in [4.69, 9.17) is 4.52 Å². The van der Waals surface area contributed by atoms with Crippen molar-refractivity contribution in [2.45, 2.75) is 63.4 Å². The van der Waals surface area contributed by atoms with Gasteiger partial charge in [0, 0.05) is 11.5 Å². The molecule has 1 aliphatic heterocycles. The van der Waals surface area contributed by atoms with Crippen molar-refractivity contribution in [1.82, 2.24) is 15.1 Å². The van der Waals surface area contributed by atoms with E-state index < -0.39 is 34.4 Å². The van der Waals surface area contributed by atoms with Gasteiger partial charge in [0.05, 0.1) is 5.52 Å². The van der Waals surface area contributed by atoms with Gasteiger partial charge < -0.3 is 9.84 Å². The molecule has 0 bridgehead atoms. The molecule has 8 nitrogen and oxygen atoms in total. The van der Waals surface area contributed by atoms with Gasteiger partial charge >= 0.3 is 195 Å². The number of rotatable bonds is 8. The van der Waals surface area contributed by atoms with Gasteiger partial charge in [-0.1, -0.05) is 0 Å². The third kappa shape index (κ3) is 5.10. The van der Waals surface area contributed by atoms with Crippen LogP contribution in [0.5, 0.6) is 5.75 Å². The summed E-state index contributed by atoms with van der Waals surface area (Å²) in [6.45, 7) is 0.768. The Balaban J connectivity index is 1.12. The third-order valence-electron chi connectivity index (χ3n) is 9.26. The van der Waals surface area contributed by atoms with Crippen molar-refractivity contribution in [3.63, 3.8) is 0 Å². The molecule has 2 aliphatic carbocycles. The fourth-order valence-electron chi connectivity index (χ4n) is 7.37. The zero-order valence-electron chi connectivity index (χ0n) is 23.3. The second kappa shape index (κ2) is 10.6. The van der Waals surface area contributed by atoms with E-state index in [1.54, 1.807) is 18.3 Å². The first-order valence-corrected chi connectivity index (χ1v) is 16.2. The number of benzene rings is 1. The van der Waals surface area contributed by atoms with Crippen molar-refractivity contribution < 1.29 is 52.6 Å². The van der Waals surface area contributed by atoms with Gasteiger partial charge in [0.25, 0.3) is 0 Å². The van der Waals surface area contributed by atoms with Gasteiger partial charge in [-0.2, -0.15) is 8.78 Å². The van der Waals surface area contributed by atoms with Gasteiger partial charge in [0.15, 0.2) is 5.69 Å². The molecular formula is C31H29F3IN4O4-. The quantitative estimate of drug-likeness (QED) is 0.218. The number of hydrogen-bond donors (Lipinski definition) is 1. The van der Waals surface area contributed by atoms with Crippen molar-refractivity contribution in [1.29, 1.82) is 0 Å². The Morgan fingerprint density at radius 3 is 2.63 bits per heavy atom. The van der Waals surface area contributed by atoms with E-state index in [0.717, 1.165) is 85.9 Å². The van der Waals surface area contributed by atoms with Crippen molar-refractivity contribution in [3.05, 3.63) is 63.3 Å². The summed E-state index contributed by atoms with van der Waals surface area (Å²) in [6, 6.07) is 10.0. The average molecular weight is 705 g/mol. The molecular weight excluding hydrogens is 676 g/mol. The van der Waals surface area contributed by atoms with E-state index in [9.17, 15) is 21.5 Å². The van der Waals surface area contributed by atoms with Crippen LogP contribution in [-0.2, 0) is 5.41 Å². The van der Waals surface area contributed by atoms with Gasteiger partial charge in [-0.3, -0.25) is 0 Å². The van der Waals surface area contributed by atoms with Crippen LogP contribution in [0.2, 0.25) is 0 Å². The van der Waals surface area contributed by atoms with Crippen LogP contribution in [-0.4, -0.2) is 45.9 Å². The molecule has 4 aromatic rings. The molecule has 3 aliphatic rings. The summed E-state index contributed by atoms with van der Waals surface area (Å²) in [5, 5.41) is 14.2. The molecule has 12 heteroatoms. The molecule has 1 N–H and O–H groups in total. The number of aromatic nitrogens is 3. The minimum atomic E-state index is -3.09. The van der Waals surface area contributed by atoms with Crippen LogP contribution in [0.1, 0.15) is 73.2 Å². The van der Waals surface area contributed by atoms with Gasteiger partial charge in [-0.05, 0) is 6.07 Å². The Hall–Kier alpha value is -3.42. The van der Waals surface area contributed by atoms with Gasteiger partial charge in [-0.25, -0.2) is 9.78 Å². The summed E-state index contributed by atoms with van der Waals surface area (Å²) < 4.78 is 51.3. The molecule has 226 valence electrons. The fraction of sp³-hybridized carbons (Fsp3) is 0.419. The Labute approximate surface area is 256 Å². The van der Waals surface area contributed by atoms with Crippen LogP contribution in [0.4, 0.5) is 17.3 Å². The van der Waals surface area contributed by atoms with E-state index in [-0.39, 0.29) is 27.8 Å². The first-order valence-electron chi connectivity index (χ1n) is 14.3. The number of nitrogens with zero attached hydrogens (tertiary/aromatic N) is 4. The number of fused-ring (bicyclic) bond motifs is 1. The maximum absolute atomic E-state index is 14.0. The van der Waals surface area contributed by atoms with E-state index in [0.29, 0.717) is 15.0 Å². The zero-order chi connectivity index (χ0) is 29.9. The van der Waals surface area contributed by atoms with Crippen LogP contribution in [0.15, 0.2) is 47.1 Å². The number of carboxylic acids is 1. The van der Waals surface area contributed by atoms with Crippen molar-refractivity contribution in [2.24, 2.45) is 5.41 Å². The summed E-state index contributed by atoms with van der Waals surface area (Å²) in [5.74, 6) is -0.190. The Morgan fingerprint density at radius 1 is 1.19 bits per heavy atom. The van der Waals surface area contributed by atoms with E-state index in [1.807, 2.05) is 18.2 Å². The van der Waals surface area contributed by atoms with Crippen LogP contribution in [0.25, 0.3) is 22.2 Å². The maximum atomic E-state index is 14.0. The average Bonchev–Trinajstić information content (AvgIpc) is 3.73. The number of alkyl halides is 2. The predicted octanol–water partition coefficient (Wildman–Crippen LogP) is 3.94. The first-order chi connectivity index (χ1) is 20.7. The van der Waals surface area contributed by atoms with Crippen LogP contribution < -0.4 is 31.4 Å². The van der Waals surface area contributed by atoms with Crippen molar-refractivity contribution in [3.8, 4) is 17.0 Å². The number of anilines is 1. The molecule has 1 aromatic carbocycles. The number of hydrogen-bond acceptors (Lipinski definition) is 7. The molecule has 0 amide bonds. The number of carbonyl (C=O) groups is 1. The predicted molar refractivity (Wildman–Crippen MR) is 147 cm³/mol. The second-order valence-corrected chi connectivity index (χ2v) is 13.7. The summed E-state index contributed by atoms with van der Waals surface area (Å²) >= 11 is -1.71. The summed E-state index contributed by atoms with van der Waals surface area (Å²) in [4.78, 5) is 22.1. The summed E-state index contributed by atoms with van der Waals surface area (Å²) in [6.07, 6.45) is 7.67. The molecule has 0 atom stereocenters. The molecule has 3 fully saturated rings. The Bertz CT molecular complexity index is 1710. The Morgan fingerprint density at radius 2 is 1.95 bits per heavy atom. The van der Waals surface area contributed by atoms with Crippen molar-refractivity contribution >= 4 is 22.6 Å². The molecule has 2 saturated carbocycles. The van der Waals surface area contributed by atoms with Crippen LogP contribution in [0.3, 0.4) is 0 Å². The molecule has 0 unspecified atom stereocenters. The SMILES string of the molecule is CC1(c2c(-c3cccnc3[I-]F)noc2C2CC2)CC2(CCN(c3ccc4nc(C(=O)O)cc(OC(F)F)c4c3)CC2)C1. The van der Waals surface area contributed by atoms with Gasteiger partial charge in [0.1, 0.15) is 5.75 Å². The molecule has 3 aromatic heterocycles. The molecule has 7 rings (SSSR count). The van der Waals surface area contributed by atoms with E-state index in [2.05, 4.69) is 31.7 Å². The number of aromatic carboxylic acids is 1. The second-order valence-electron chi connectivity index (χ2n) is 12.2. The summed E-state index contributed by atoms with van der Waals surface area (Å²) in [7, 11) is 0. The topological polar surface area (TPSA) is 102 Å². The molecule has 4 heterocycles. The zero-order valence-corrected chi connectivity index (χ0v) is 25.5. The standard InChI is InChI=1S/C31H29F3IN4O4/c1-30(24-25(38-43-26(24)17-4-5-17)19-3-2-10-36-27(19)35-34)15-31(16-30)8-11-39(12-9-31)18-6-7-21-20(13-18)23(42-29(32)33)14-22(37-21)28(40)41/h2-3,6-7,10,13-14,17,29H,4-5,8-9,11-12,15-16H2,1H3,(H,40,41)/q-1. The van der Waals surface area contributed by atoms with Gasteiger partial charge in [0.2, 0.25) is 0 Å². The summed E-state index contributed by atoms with van der Waals surface area (Å²) in [5.41, 5.74) is 3.43. The third-order valence-corrected chi connectivity index (χ3v) is 10.5. The minimum absolute atomic E-state index is 0.130. The number of piperidine rings is 1. The Kier molecular flexibility index (Phi) is 7.01. The van der Waals surface area contributed by atoms with E-state index in [1.165, 1.54) is 0 Å². The monoisotopic (exact) mass is 705 g/mol. The van der Waals surface area contributed by atoms with Crippen molar-refractivity contribution in [2.75, 3.05) is 18.0 Å². The normalized spacial score (nSPS) is 19.2.